The number of anilines is 1. The second-order valence-electron chi connectivity index (χ2n) is 5.34. The fourth-order valence-electron chi connectivity index (χ4n) is 2.21. The van der Waals surface area contributed by atoms with Gasteiger partial charge in [-0.05, 0) is 43.8 Å². The lowest BCUT2D eigenvalue weighted by molar-refractivity contribution is -0.116. The van der Waals surface area contributed by atoms with Crippen LogP contribution in [-0.4, -0.2) is 30.4 Å². The molecular weight excluding hydrogens is 304 g/mol. The Hall–Kier alpha value is -2.73. The number of carbonyl (C=O) groups is 2. The van der Waals surface area contributed by atoms with Crippen LogP contribution in [0.15, 0.2) is 48.8 Å². The van der Waals surface area contributed by atoms with E-state index in [1.165, 1.54) is 0 Å². The molecule has 6 heteroatoms. The fourth-order valence-corrected chi connectivity index (χ4v) is 2.21. The molecule has 0 atom stereocenters. The van der Waals surface area contributed by atoms with E-state index in [4.69, 9.17) is 0 Å². The first-order valence-corrected chi connectivity index (χ1v) is 7.91. The van der Waals surface area contributed by atoms with E-state index in [2.05, 4.69) is 20.9 Å². The Morgan fingerprint density at radius 3 is 2.71 bits per heavy atom. The molecule has 3 N–H and O–H groups in total. The van der Waals surface area contributed by atoms with E-state index in [1.807, 2.05) is 19.2 Å². The Kier molecular flexibility index (Phi) is 6.91. The monoisotopic (exact) mass is 326 g/mol. The minimum Gasteiger partial charge on any atom is -0.348 e. The predicted octanol–water partition coefficient (Wildman–Crippen LogP) is 1.95. The minimum absolute atomic E-state index is 0.0993. The lowest BCUT2D eigenvalue weighted by atomic mass is 10.1. The number of nitrogens with one attached hydrogen (secondary N) is 3. The molecule has 1 heterocycles. The summed E-state index contributed by atoms with van der Waals surface area (Å²) in [5.74, 6) is -0.331. The predicted molar refractivity (Wildman–Crippen MR) is 93.6 cm³/mol. The molecule has 126 valence electrons. The summed E-state index contributed by atoms with van der Waals surface area (Å²) < 4.78 is 0. The fraction of sp³-hybridized carbons (Fsp3) is 0.278. The van der Waals surface area contributed by atoms with E-state index in [-0.39, 0.29) is 11.8 Å². The lowest BCUT2D eigenvalue weighted by Gasteiger charge is -2.11. The number of aromatic nitrogens is 1. The molecule has 0 saturated carbocycles. The zero-order valence-corrected chi connectivity index (χ0v) is 13.7. The van der Waals surface area contributed by atoms with Gasteiger partial charge in [0.2, 0.25) is 5.91 Å². The van der Waals surface area contributed by atoms with E-state index in [1.54, 1.807) is 36.7 Å². The number of pyridine rings is 1. The number of hydrogen-bond donors (Lipinski definition) is 3. The smallest absolute Gasteiger partial charge is 0.253 e. The molecule has 0 spiro atoms. The van der Waals surface area contributed by atoms with Crippen molar-refractivity contribution in [1.82, 2.24) is 15.6 Å². The molecule has 0 aliphatic heterocycles. The van der Waals surface area contributed by atoms with Crippen molar-refractivity contribution in [3.63, 3.8) is 0 Å². The van der Waals surface area contributed by atoms with Gasteiger partial charge in [0.05, 0.1) is 11.3 Å². The first kappa shape index (κ1) is 17.6. The average Bonchev–Trinajstić information content (AvgIpc) is 2.61. The summed E-state index contributed by atoms with van der Waals surface area (Å²) in [4.78, 5) is 28.4. The van der Waals surface area contributed by atoms with Crippen molar-refractivity contribution in [2.24, 2.45) is 0 Å². The zero-order valence-electron chi connectivity index (χ0n) is 13.7. The van der Waals surface area contributed by atoms with Crippen LogP contribution in [0.25, 0.3) is 0 Å². The van der Waals surface area contributed by atoms with Gasteiger partial charge in [-0.15, -0.1) is 0 Å². The molecule has 0 fully saturated rings. The largest absolute Gasteiger partial charge is 0.348 e. The SMILES string of the molecule is CNCCCC(=O)Nc1ccccc1C(=O)NCc1cccnc1. The highest BCUT2D eigenvalue weighted by atomic mass is 16.2. The Labute approximate surface area is 141 Å². The molecule has 2 amide bonds. The quantitative estimate of drug-likeness (QED) is 0.648. The summed E-state index contributed by atoms with van der Waals surface area (Å²) in [5, 5.41) is 8.65. The Morgan fingerprint density at radius 1 is 1.12 bits per heavy atom. The highest BCUT2D eigenvalue weighted by Crippen LogP contribution is 2.15. The van der Waals surface area contributed by atoms with Crippen molar-refractivity contribution in [2.45, 2.75) is 19.4 Å². The maximum atomic E-state index is 12.4. The lowest BCUT2D eigenvalue weighted by Crippen LogP contribution is -2.25. The standard InChI is InChI=1S/C18H22N4O2/c1-19-10-5-9-17(23)22-16-8-3-2-7-15(16)18(24)21-13-14-6-4-11-20-12-14/h2-4,6-8,11-12,19H,5,9-10,13H2,1H3,(H,21,24)(H,22,23). The van der Waals surface area contributed by atoms with Gasteiger partial charge in [-0.3, -0.25) is 14.6 Å². The van der Waals surface area contributed by atoms with Crippen molar-refractivity contribution in [2.75, 3.05) is 18.9 Å². The first-order chi connectivity index (χ1) is 11.7. The van der Waals surface area contributed by atoms with Crippen molar-refractivity contribution in [3.8, 4) is 0 Å². The maximum absolute atomic E-state index is 12.4. The topological polar surface area (TPSA) is 83.1 Å². The number of amides is 2. The second-order valence-corrected chi connectivity index (χ2v) is 5.34. The molecule has 1 aromatic heterocycles. The van der Waals surface area contributed by atoms with Gasteiger partial charge in [0, 0.05) is 25.4 Å². The number of para-hydroxylation sites is 1. The third-order valence-electron chi connectivity index (χ3n) is 3.45. The molecule has 1 aromatic carbocycles. The van der Waals surface area contributed by atoms with Crippen LogP contribution in [0.1, 0.15) is 28.8 Å². The highest BCUT2D eigenvalue weighted by Gasteiger charge is 2.12. The van der Waals surface area contributed by atoms with Gasteiger partial charge in [-0.1, -0.05) is 18.2 Å². The number of nitrogens with zero attached hydrogens (tertiary/aromatic N) is 1. The summed E-state index contributed by atoms with van der Waals surface area (Å²) in [6, 6.07) is 10.7. The summed E-state index contributed by atoms with van der Waals surface area (Å²) in [7, 11) is 1.85. The van der Waals surface area contributed by atoms with Crippen molar-refractivity contribution < 1.29 is 9.59 Å². The zero-order chi connectivity index (χ0) is 17.2. The number of rotatable bonds is 8. The maximum Gasteiger partial charge on any atom is 0.253 e. The van der Waals surface area contributed by atoms with Gasteiger partial charge < -0.3 is 16.0 Å². The van der Waals surface area contributed by atoms with Crippen LogP contribution in [0, 0.1) is 0 Å². The molecule has 0 bridgehead atoms. The normalized spacial score (nSPS) is 10.2. The Bertz CT molecular complexity index is 674. The van der Waals surface area contributed by atoms with Crippen molar-refractivity contribution in [1.29, 1.82) is 0 Å². The van der Waals surface area contributed by atoms with Crippen LogP contribution in [0.5, 0.6) is 0 Å². The van der Waals surface area contributed by atoms with Gasteiger partial charge in [-0.25, -0.2) is 0 Å². The molecule has 6 nitrogen and oxygen atoms in total. The molecule has 2 aromatic rings. The third kappa shape index (κ3) is 5.48. The molecule has 2 rings (SSSR count). The minimum atomic E-state index is -0.232. The average molecular weight is 326 g/mol. The molecule has 0 aliphatic carbocycles. The van der Waals surface area contributed by atoms with E-state index >= 15 is 0 Å². The summed E-state index contributed by atoms with van der Waals surface area (Å²) in [6.07, 6.45) is 4.55. The Morgan fingerprint density at radius 2 is 1.96 bits per heavy atom. The van der Waals surface area contributed by atoms with Crippen LogP contribution in [0.2, 0.25) is 0 Å². The molecule has 0 aliphatic rings. The first-order valence-electron chi connectivity index (χ1n) is 7.91. The Balaban J connectivity index is 1.97. The second kappa shape index (κ2) is 9.42. The highest BCUT2D eigenvalue weighted by molar-refractivity contribution is 6.03. The number of hydrogen-bond acceptors (Lipinski definition) is 4. The van der Waals surface area contributed by atoms with Crippen LogP contribution in [0.4, 0.5) is 5.69 Å². The summed E-state index contributed by atoms with van der Waals surface area (Å²) >= 11 is 0. The van der Waals surface area contributed by atoms with E-state index in [9.17, 15) is 9.59 Å². The van der Waals surface area contributed by atoms with Crippen LogP contribution >= 0.6 is 0 Å². The van der Waals surface area contributed by atoms with Gasteiger partial charge in [0.1, 0.15) is 0 Å². The number of benzene rings is 1. The molecule has 24 heavy (non-hydrogen) atoms. The van der Waals surface area contributed by atoms with Crippen LogP contribution < -0.4 is 16.0 Å². The van der Waals surface area contributed by atoms with Crippen LogP contribution in [-0.2, 0) is 11.3 Å². The van der Waals surface area contributed by atoms with Gasteiger partial charge in [0.15, 0.2) is 0 Å². The van der Waals surface area contributed by atoms with Crippen molar-refractivity contribution >= 4 is 17.5 Å². The van der Waals surface area contributed by atoms with Gasteiger partial charge in [-0.2, -0.15) is 0 Å². The van der Waals surface area contributed by atoms with E-state index < -0.39 is 0 Å². The molecule has 0 saturated heterocycles. The molecule has 0 unspecified atom stereocenters. The summed E-state index contributed by atoms with van der Waals surface area (Å²) in [6.45, 7) is 1.16. The number of carbonyl (C=O) groups excluding carboxylic acids is 2. The van der Waals surface area contributed by atoms with Crippen LogP contribution in [0.3, 0.4) is 0 Å². The molecular formula is C18H22N4O2. The van der Waals surface area contributed by atoms with Gasteiger partial charge in [0.25, 0.3) is 5.91 Å². The third-order valence-corrected chi connectivity index (χ3v) is 3.45. The van der Waals surface area contributed by atoms with E-state index in [0.29, 0.717) is 24.2 Å². The summed E-state index contributed by atoms with van der Waals surface area (Å²) in [5.41, 5.74) is 1.89. The molecule has 0 radical (unpaired) electrons. The van der Waals surface area contributed by atoms with E-state index in [0.717, 1.165) is 18.5 Å². The van der Waals surface area contributed by atoms with Crippen molar-refractivity contribution in [3.05, 3.63) is 59.9 Å². The van der Waals surface area contributed by atoms with Gasteiger partial charge >= 0.3 is 0 Å².